The average molecular weight is 870 g/mol. The maximum atomic E-state index is 13.7. The smallest absolute Gasteiger partial charge is 0.744 e. The number of aromatic hydroxyl groups is 1. The van der Waals surface area contributed by atoms with Gasteiger partial charge < -0.3 is 28.6 Å². The number of benzene rings is 4. The van der Waals surface area contributed by atoms with E-state index in [1.807, 2.05) is 0 Å². The van der Waals surface area contributed by atoms with Crippen LogP contribution in [0.5, 0.6) is 5.75 Å². The Morgan fingerprint density at radius 2 is 1.21 bits per heavy atom. The first-order valence-electron chi connectivity index (χ1n) is 12.3. The topological polar surface area (TPSA) is 312 Å². The predicted molar refractivity (Wildman–Crippen MR) is 156 cm³/mol. The van der Waals surface area contributed by atoms with Crippen LogP contribution in [0.15, 0.2) is 78.3 Å². The van der Waals surface area contributed by atoms with Gasteiger partial charge in [0, 0.05) is 16.5 Å². The predicted octanol–water partition coefficient (Wildman–Crippen LogP) is -8.79. The van der Waals surface area contributed by atoms with Crippen molar-refractivity contribution in [3.05, 3.63) is 65.6 Å². The van der Waals surface area contributed by atoms with Crippen LogP contribution in [0.1, 0.15) is 0 Å². The molecule has 0 aliphatic heterocycles. The van der Waals surface area contributed by atoms with Crippen LogP contribution in [0.25, 0.3) is 21.5 Å². The van der Waals surface area contributed by atoms with Crippen LogP contribution in [-0.4, -0.2) is 67.0 Å². The fourth-order valence-electron chi connectivity index (χ4n) is 4.38. The monoisotopic (exact) mass is 869 g/mol. The van der Waals surface area contributed by atoms with Crippen LogP contribution < -0.4 is 124 Å². The van der Waals surface area contributed by atoms with E-state index in [9.17, 15) is 65.8 Å². The molecule has 0 aliphatic carbocycles. The van der Waals surface area contributed by atoms with Crippen molar-refractivity contribution < 1.29 is 184 Å². The van der Waals surface area contributed by atoms with E-state index in [0.717, 1.165) is 18.2 Å². The van der Waals surface area contributed by atoms with Crippen LogP contribution in [0, 0.1) is 12.0 Å². The molecule has 0 spiro atoms. The molecule has 53 heavy (non-hydrogen) atoms. The van der Waals surface area contributed by atoms with Crippen LogP contribution in [-0.2, 0) is 40.5 Å². The van der Waals surface area contributed by atoms with E-state index >= 15 is 0 Å². The minimum atomic E-state index is -5.62. The molecule has 0 saturated heterocycles. The van der Waals surface area contributed by atoms with Gasteiger partial charge in [-0.15, -0.1) is 10.2 Å². The summed E-state index contributed by atoms with van der Waals surface area (Å²) in [7, 11) is -22.2. The van der Waals surface area contributed by atoms with E-state index in [-0.39, 0.29) is 141 Å². The number of hydrogen-bond acceptors (Lipinski definition) is 18. The molecule has 0 amide bonds. The van der Waals surface area contributed by atoms with Gasteiger partial charge >= 0.3 is 124 Å². The molecule has 1 aromatic heterocycles. The van der Waals surface area contributed by atoms with Gasteiger partial charge in [0.1, 0.15) is 56.9 Å². The minimum Gasteiger partial charge on any atom is -0.744 e. The zero-order valence-electron chi connectivity index (χ0n) is 27.0. The van der Waals surface area contributed by atoms with Crippen molar-refractivity contribution in [2.45, 2.75) is 19.6 Å². The van der Waals surface area contributed by atoms with Crippen LogP contribution >= 0.6 is 11.6 Å². The normalized spacial score (nSPS) is 12.1. The molecule has 0 aliphatic rings. The molecule has 29 heteroatoms. The summed E-state index contributed by atoms with van der Waals surface area (Å²) in [5.74, 6) is -3.05. The Morgan fingerprint density at radius 1 is 0.660 bits per heavy atom. The van der Waals surface area contributed by atoms with Crippen LogP contribution in [0.3, 0.4) is 0 Å². The molecule has 258 valence electrons. The van der Waals surface area contributed by atoms with Crippen molar-refractivity contribution in [3.63, 3.8) is 0 Å². The summed E-state index contributed by atoms with van der Waals surface area (Å²) in [5.41, 5.74) is -2.27. The van der Waals surface area contributed by atoms with Crippen molar-refractivity contribution in [2.75, 3.05) is 5.32 Å². The molecule has 1 heterocycles. The second-order valence-electron chi connectivity index (χ2n) is 9.56. The van der Waals surface area contributed by atoms with Gasteiger partial charge in [-0.1, -0.05) is 11.6 Å². The Morgan fingerprint density at radius 3 is 1.75 bits per heavy atom. The van der Waals surface area contributed by atoms with Gasteiger partial charge in [0.05, 0.1) is 19.6 Å². The number of anilines is 2. The van der Waals surface area contributed by atoms with Gasteiger partial charge in [-0.2, -0.15) is 18.7 Å². The van der Waals surface area contributed by atoms with Gasteiger partial charge in [0.25, 0.3) is 0 Å². The number of nitrogens with zero attached hydrogens (tertiary/aromatic N) is 4. The summed E-state index contributed by atoms with van der Waals surface area (Å²) in [5, 5.41) is 17.5. The van der Waals surface area contributed by atoms with E-state index < -0.39 is 111 Å². The summed E-state index contributed by atoms with van der Waals surface area (Å²) in [6.07, 6.45) is -1.50. The third-order valence-corrected chi connectivity index (χ3v) is 10.2. The number of rotatable bonds is 8. The molecule has 0 atom stereocenters. The zero-order chi connectivity index (χ0) is 36.4. The molecule has 18 nitrogen and oxygen atoms in total. The fourth-order valence-corrected chi connectivity index (χ4v) is 7.11. The maximum absolute atomic E-state index is 13.7. The van der Waals surface area contributed by atoms with Gasteiger partial charge in [-0.3, -0.25) is 0 Å². The van der Waals surface area contributed by atoms with E-state index in [2.05, 4.69) is 25.5 Å². The van der Waals surface area contributed by atoms with E-state index in [1.165, 1.54) is 0 Å². The number of halogens is 3. The summed E-state index contributed by atoms with van der Waals surface area (Å²) < 4.78 is 170. The first-order valence-corrected chi connectivity index (χ1v) is 18.3. The number of phenolic OH excluding ortho intramolecular Hbond substituents is 1. The molecule has 0 radical (unpaired) electrons. The van der Waals surface area contributed by atoms with E-state index in [1.54, 1.807) is 0 Å². The van der Waals surface area contributed by atoms with Crippen molar-refractivity contribution in [3.8, 4) is 5.75 Å². The van der Waals surface area contributed by atoms with Crippen molar-refractivity contribution >= 4 is 96.5 Å². The average Bonchev–Trinajstić information content (AvgIpc) is 2.96. The van der Waals surface area contributed by atoms with E-state index in [4.69, 9.17) is 11.6 Å². The first-order chi connectivity index (χ1) is 22.4. The number of aromatic nitrogens is 2. The summed E-state index contributed by atoms with van der Waals surface area (Å²) in [4.78, 5) is 0.810. The number of phenols is 1. The molecule has 0 fully saturated rings. The number of nitrogens with one attached hydrogen (secondary N) is 1. The number of azo groups is 1. The van der Waals surface area contributed by atoms with Crippen molar-refractivity contribution in [2.24, 2.45) is 10.2 Å². The molecule has 0 bridgehead atoms. The summed E-state index contributed by atoms with van der Waals surface area (Å²) >= 11 is 5.73. The molecule has 0 unspecified atom stereocenters. The molecule has 4 aromatic carbocycles. The summed E-state index contributed by atoms with van der Waals surface area (Å²) in [6.45, 7) is 0. The molecule has 5 rings (SSSR count). The quantitative estimate of drug-likeness (QED) is 0.0481. The Kier molecular flexibility index (Phi) is 17.5. The SMILES string of the molecule is O=S(=O)([O-])c1cc(S(=O)(=O)[O-])c2cc(N=Nc3c(S(=O)(=O)[O-])cc4cc(Nc5nc(F)nc(F)c5Cl)ccc4c3O)c(S(=O)(=O)[O-])cc2c1.[Na+].[Na+].[Na+].[Na+]. The number of fused-ring (bicyclic) bond motifs is 2. The second-order valence-corrected chi connectivity index (χ2v) is 15.4. The molecule has 0 saturated carbocycles. The minimum absolute atomic E-state index is 0. The molecular formula is C24H10ClF2N5Na4O13S4. The van der Waals surface area contributed by atoms with Crippen LogP contribution in [0.2, 0.25) is 5.02 Å². The Bertz CT molecular complexity index is 2770. The standard InChI is InChI=1S/C24H14ClF2N5O13S4.4Na/c25-19-22(26)29-24(27)30-23(19)28-11-1-2-13-9(3-11)6-18(49(43,44)45)20(21(13)33)32-31-15-8-14-10(5-17(15)48(40,41)42)4-12(46(34,35)36)7-16(14)47(37,38)39;;;;/h1-8,33H,(H,28,29,30)(H,34,35,36)(H,37,38,39)(H,40,41,42)(H,43,44,45);;;;/q;4*+1/p-4. The van der Waals surface area contributed by atoms with E-state index in [0.29, 0.717) is 24.3 Å². The summed E-state index contributed by atoms with van der Waals surface area (Å²) in [6, 6.07) is 5.45. The molecule has 5 aromatic rings. The van der Waals surface area contributed by atoms with Crippen molar-refractivity contribution in [1.29, 1.82) is 0 Å². The van der Waals surface area contributed by atoms with Gasteiger partial charge in [-0.05, 0) is 59.3 Å². The van der Waals surface area contributed by atoms with Crippen LogP contribution in [0.4, 0.5) is 31.7 Å². The second kappa shape index (κ2) is 18.4. The molecular weight excluding hydrogens is 860 g/mol. The van der Waals surface area contributed by atoms with Crippen molar-refractivity contribution in [1.82, 2.24) is 9.97 Å². The maximum Gasteiger partial charge on any atom is 1.00 e. The third kappa shape index (κ3) is 11.3. The zero-order valence-corrected chi connectivity index (χ0v) is 39.0. The number of hydrogen-bond donors (Lipinski definition) is 2. The van der Waals surface area contributed by atoms with Gasteiger partial charge in [0.2, 0.25) is 5.95 Å². The first kappa shape index (κ1) is 50.5. The largest absolute Gasteiger partial charge is 1.00 e. The Balaban J connectivity index is 0.00000351. The third-order valence-electron chi connectivity index (χ3n) is 6.42. The fraction of sp³-hybridized carbons (Fsp3) is 0. The molecule has 2 N–H and O–H groups in total. The Labute approximate surface area is 391 Å². The van der Waals surface area contributed by atoms with Gasteiger partial charge in [-0.25, -0.2) is 33.7 Å². The Hall–Kier alpha value is -0.530. The van der Waals surface area contributed by atoms with Gasteiger partial charge in [0.15, 0.2) is 11.6 Å².